The van der Waals surface area contributed by atoms with Crippen LogP contribution in [0.25, 0.3) is 0 Å². The minimum absolute atomic E-state index is 0.207. The van der Waals surface area contributed by atoms with Crippen LogP contribution in [0.2, 0.25) is 0 Å². The van der Waals surface area contributed by atoms with Crippen molar-refractivity contribution in [1.82, 2.24) is 5.32 Å². The van der Waals surface area contributed by atoms with E-state index in [1.54, 1.807) is 6.92 Å². The third-order valence-electron chi connectivity index (χ3n) is 3.49. The first-order chi connectivity index (χ1) is 11.3. The Morgan fingerprint density at radius 1 is 1.21 bits per heavy atom. The fraction of sp³-hybridized carbons (Fsp3) is 0.438. The van der Waals surface area contributed by atoms with Gasteiger partial charge in [-0.2, -0.15) is 0 Å². The minimum Gasteiger partial charge on any atom is -0.467 e. The highest BCUT2D eigenvalue weighted by Crippen LogP contribution is 2.13. The molecule has 1 rings (SSSR count). The topological polar surface area (TPSA) is 81.7 Å². The van der Waals surface area contributed by atoms with E-state index in [0.29, 0.717) is 6.42 Å². The Hall–Kier alpha value is -2.51. The number of nitrogens with one attached hydrogen (secondary N) is 1. The van der Waals surface area contributed by atoms with Crippen molar-refractivity contribution < 1.29 is 32.6 Å². The molecule has 0 aliphatic heterocycles. The molecule has 0 radical (unpaired) electrons. The van der Waals surface area contributed by atoms with Crippen molar-refractivity contribution >= 4 is 17.8 Å². The second kappa shape index (κ2) is 8.95. The SMILES string of the molecule is CC[C@@H](C)[C@@H](NC(=O)COC(=O)c1c(F)cccc1F)C(=O)OC. The summed E-state index contributed by atoms with van der Waals surface area (Å²) in [7, 11) is 1.19. The lowest BCUT2D eigenvalue weighted by Crippen LogP contribution is -2.47. The Balaban J connectivity index is 2.68. The number of methoxy groups -OCH3 is 1. The largest absolute Gasteiger partial charge is 0.467 e. The van der Waals surface area contributed by atoms with Crippen LogP contribution in [-0.4, -0.2) is 37.6 Å². The molecule has 132 valence electrons. The Morgan fingerprint density at radius 2 is 1.79 bits per heavy atom. The Morgan fingerprint density at radius 3 is 2.29 bits per heavy atom. The molecule has 0 heterocycles. The smallest absolute Gasteiger partial charge is 0.344 e. The maximum absolute atomic E-state index is 13.4. The number of carbonyl (C=O) groups is 3. The molecule has 0 saturated carbocycles. The summed E-state index contributed by atoms with van der Waals surface area (Å²) >= 11 is 0. The monoisotopic (exact) mass is 343 g/mol. The number of hydrogen-bond donors (Lipinski definition) is 1. The molecule has 0 aromatic heterocycles. The molecule has 0 bridgehead atoms. The van der Waals surface area contributed by atoms with Crippen LogP contribution >= 0.6 is 0 Å². The second-order valence-electron chi connectivity index (χ2n) is 5.13. The van der Waals surface area contributed by atoms with Gasteiger partial charge in [-0.15, -0.1) is 0 Å². The highest BCUT2D eigenvalue weighted by Gasteiger charge is 2.27. The van der Waals surface area contributed by atoms with Gasteiger partial charge in [-0.25, -0.2) is 18.4 Å². The number of hydrogen-bond acceptors (Lipinski definition) is 5. The van der Waals surface area contributed by atoms with Gasteiger partial charge in [0.1, 0.15) is 23.2 Å². The summed E-state index contributed by atoms with van der Waals surface area (Å²) in [6.45, 7) is 2.78. The van der Waals surface area contributed by atoms with E-state index in [0.717, 1.165) is 18.2 Å². The van der Waals surface area contributed by atoms with Crippen molar-refractivity contribution in [3.8, 4) is 0 Å². The average molecular weight is 343 g/mol. The van der Waals surface area contributed by atoms with Crippen LogP contribution in [0.3, 0.4) is 0 Å². The van der Waals surface area contributed by atoms with Gasteiger partial charge in [-0.3, -0.25) is 4.79 Å². The van der Waals surface area contributed by atoms with E-state index in [1.807, 2.05) is 6.92 Å². The maximum Gasteiger partial charge on any atom is 0.344 e. The van der Waals surface area contributed by atoms with E-state index >= 15 is 0 Å². The lowest BCUT2D eigenvalue weighted by Gasteiger charge is -2.21. The maximum atomic E-state index is 13.4. The van der Waals surface area contributed by atoms with Crippen LogP contribution in [0.15, 0.2) is 18.2 Å². The summed E-state index contributed by atoms with van der Waals surface area (Å²) in [5.74, 6) is -5.11. The standard InChI is InChI=1S/C16H19F2NO5/c1-4-9(2)14(16(22)23-3)19-12(20)8-24-15(21)13-10(17)6-5-7-11(13)18/h5-7,9,14H,4,8H2,1-3H3,(H,19,20)/t9-,14-/m1/s1. The molecule has 0 aliphatic carbocycles. The summed E-state index contributed by atoms with van der Waals surface area (Å²) in [6.07, 6.45) is 0.597. The number of rotatable bonds is 7. The van der Waals surface area contributed by atoms with E-state index in [1.165, 1.54) is 7.11 Å². The van der Waals surface area contributed by atoms with E-state index in [4.69, 9.17) is 0 Å². The fourth-order valence-electron chi connectivity index (χ4n) is 1.91. The Labute approximate surface area is 138 Å². The Bertz CT molecular complexity index is 600. The minimum atomic E-state index is -1.31. The lowest BCUT2D eigenvalue weighted by atomic mass is 9.99. The number of amides is 1. The molecular formula is C16H19F2NO5. The zero-order chi connectivity index (χ0) is 18.3. The van der Waals surface area contributed by atoms with Crippen molar-refractivity contribution in [2.24, 2.45) is 5.92 Å². The predicted molar refractivity (Wildman–Crippen MR) is 80.0 cm³/mol. The van der Waals surface area contributed by atoms with E-state index in [-0.39, 0.29) is 5.92 Å². The first-order valence-electron chi connectivity index (χ1n) is 7.30. The number of ether oxygens (including phenoxy) is 2. The quantitative estimate of drug-likeness (QED) is 0.764. The molecule has 1 amide bonds. The molecule has 0 aliphatic rings. The van der Waals surface area contributed by atoms with Gasteiger partial charge >= 0.3 is 11.9 Å². The predicted octanol–water partition coefficient (Wildman–Crippen LogP) is 1.83. The third kappa shape index (κ3) is 5.00. The summed E-state index contributed by atoms with van der Waals surface area (Å²) in [5.41, 5.74) is -0.878. The molecular weight excluding hydrogens is 324 g/mol. The molecule has 6 nitrogen and oxygen atoms in total. The Kier molecular flexibility index (Phi) is 7.29. The van der Waals surface area contributed by atoms with Gasteiger partial charge in [0.15, 0.2) is 6.61 Å². The van der Waals surface area contributed by atoms with Crippen LogP contribution in [0.4, 0.5) is 8.78 Å². The summed E-state index contributed by atoms with van der Waals surface area (Å²) in [5, 5.41) is 2.38. The van der Waals surface area contributed by atoms with Gasteiger partial charge in [-0.05, 0) is 18.1 Å². The number of carbonyl (C=O) groups excluding carboxylic acids is 3. The summed E-state index contributed by atoms with van der Waals surface area (Å²) in [6, 6.07) is 1.99. The molecule has 1 aromatic carbocycles. The summed E-state index contributed by atoms with van der Waals surface area (Å²) in [4.78, 5) is 35.2. The van der Waals surface area contributed by atoms with Crippen LogP contribution in [0.5, 0.6) is 0 Å². The molecule has 24 heavy (non-hydrogen) atoms. The second-order valence-corrected chi connectivity index (χ2v) is 5.13. The van der Waals surface area contributed by atoms with Crippen molar-refractivity contribution in [1.29, 1.82) is 0 Å². The van der Waals surface area contributed by atoms with Crippen molar-refractivity contribution in [3.63, 3.8) is 0 Å². The summed E-state index contributed by atoms with van der Waals surface area (Å²) < 4.78 is 36.1. The van der Waals surface area contributed by atoms with Gasteiger partial charge in [0.2, 0.25) is 0 Å². The molecule has 0 spiro atoms. The van der Waals surface area contributed by atoms with Gasteiger partial charge in [0.05, 0.1) is 7.11 Å². The van der Waals surface area contributed by atoms with Gasteiger partial charge in [0.25, 0.3) is 5.91 Å². The van der Waals surface area contributed by atoms with E-state index in [2.05, 4.69) is 14.8 Å². The lowest BCUT2D eigenvalue weighted by molar-refractivity contribution is -0.147. The zero-order valence-corrected chi connectivity index (χ0v) is 13.6. The molecule has 0 unspecified atom stereocenters. The molecule has 8 heteroatoms. The molecule has 1 aromatic rings. The van der Waals surface area contributed by atoms with E-state index < -0.39 is 47.7 Å². The van der Waals surface area contributed by atoms with Crippen LogP contribution in [-0.2, 0) is 19.1 Å². The number of benzene rings is 1. The molecule has 0 fully saturated rings. The molecule has 1 N–H and O–H groups in total. The molecule has 2 atom stereocenters. The number of halogens is 2. The number of esters is 2. The third-order valence-corrected chi connectivity index (χ3v) is 3.49. The van der Waals surface area contributed by atoms with Crippen LogP contribution in [0, 0.1) is 17.6 Å². The van der Waals surface area contributed by atoms with Gasteiger partial charge in [-0.1, -0.05) is 26.3 Å². The highest BCUT2D eigenvalue weighted by atomic mass is 19.1. The van der Waals surface area contributed by atoms with Gasteiger partial charge in [0, 0.05) is 0 Å². The highest BCUT2D eigenvalue weighted by molar-refractivity contribution is 5.92. The van der Waals surface area contributed by atoms with E-state index in [9.17, 15) is 23.2 Å². The van der Waals surface area contributed by atoms with Crippen molar-refractivity contribution in [3.05, 3.63) is 35.4 Å². The average Bonchev–Trinajstić information content (AvgIpc) is 2.56. The van der Waals surface area contributed by atoms with Gasteiger partial charge < -0.3 is 14.8 Å². The van der Waals surface area contributed by atoms with Crippen molar-refractivity contribution in [2.75, 3.05) is 13.7 Å². The van der Waals surface area contributed by atoms with Crippen LogP contribution in [0.1, 0.15) is 30.6 Å². The molecule has 0 saturated heterocycles. The fourth-order valence-corrected chi connectivity index (χ4v) is 1.91. The first kappa shape index (κ1) is 19.5. The van der Waals surface area contributed by atoms with Crippen LogP contribution < -0.4 is 5.32 Å². The van der Waals surface area contributed by atoms with Crippen molar-refractivity contribution in [2.45, 2.75) is 26.3 Å². The first-order valence-corrected chi connectivity index (χ1v) is 7.30. The normalized spacial score (nSPS) is 12.9. The zero-order valence-electron chi connectivity index (χ0n) is 13.6.